The first kappa shape index (κ1) is 11.1. The molecule has 1 amide bonds. The third kappa shape index (κ3) is 5.41. The molecule has 3 nitrogen and oxygen atoms in total. The fourth-order valence-corrected chi connectivity index (χ4v) is 1.95. The number of thiol groups is 1. The summed E-state index contributed by atoms with van der Waals surface area (Å²) in [5.41, 5.74) is 4.98. The zero-order chi connectivity index (χ0) is 8.85. The van der Waals surface area contributed by atoms with E-state index in [-0.39, 0.29) is 5.24 Å². The molecule has 0 aliphatic rings. The molecule has 0 radical (unpaired) electrons. The van der Waals surface area contributed by atoms with E-state index < -0.39 is 0 Å². The van der Waals surface area contributed by atoms with Gasteiger partial charge in [-0.05, 0) is 14.1 Å². The molecule has 0 aromatic rings. The maximum absolute atomic E-state index is 10.4. The molecule has 0 saturated heterocycles. The average molecular weight is 194 g/mol. The van der Waals surface area contributed by atoms with Crippen LogP contribution in [-0.2, 0) is 0 Å². The summed E-state index contributed by atoms with van der Waals surface area (Å²) in [5.74, 6) is 1.46. The first-order valence-electron chi connectivity index (χ1n) is 3.27. The minimum atomic E-state index is -0.321. The van der Waals surface area contributed by atoms with E-state index in [9.17, 15) is 4.79 Å². The highest BCUT2D eigenvalue weighted by Crippen LogP contribution is 2.07. The van der Waals surface area contributed by atoms with Crippen LogP contribution in [0.2, 0.25) is 0 Å². The number of rotatable bonds is 4. The van der Waals surface area contributed by atoms with Crippen LogP contribution >= 0.6 is 24.4 Å². The van der Waals surface area contributed by atoms with Crippen LogP contribution in [-0.4, -0.2) is 41.8 Å². The number of amides is 1. The van der Waals surface area contributed by atoms with E-state index in [1.807, 2.05) is 19.0 Å². The molecule has 2 N–H and O–H groups in total. The Labute approximate surface area is 77.1 Å². The lowest BCUT2D eigenvalue weighted by molar-refractivity contribution is 0.267. The molecule has 0 aromatic heterocycles. The van der Waals surface area contributed by atoms with Crippen molar-refractivity contribution in [2.75, 3.05) is 25.6 Å². The number of nitrogens with zero attached hydrogens (tertiary/aromatic N) is 1. The van der Waals surface area contributed by atoms with E-state index in [0.717, 1.165) is 17.5 Å². The van der Waals surface area contributed by atoms with Crippen LogP contribution in [0.1, 0.15) is 0 Å². The summed E-state index contributed by atoms with van der Waals surface area (Å²) in [6.45, 7) is 0. The summed E-state index contributed by atoms with van der Waals surface area (Å²) in [6, 6.07) is 0.316. The molecular weight excluding hydrogens is 180 g/mol. The largest absolute Gasteiger partial charge is 0.361 e. The van der Waals surface area contributed by atoms with Crippen LogP contribution in [0.15, 0.2) is 0 Å². The number of hydrogen-bond donors (Lipinski definition) is 2. The highest BCUT2D eigenvalue weighted by molar-refractivity contribution is 8.13. The van der Waals surface area contributed by atoms with Crippen LogP contribution in [0.5, 0.6) is 0 Å². The van der Waals surface area contributed by atoms with Crippen molar-refractivity contribution in [1.82, 2.24) is 4.90 Å². The van der Waals surface area contributed by atoms with Gasteiger partial charge >= 0.3 is 0 Å². The summed E-state index contributed by atoms with van der Waals surface area (Å²) < 4.78 is 0. The number of nitrogens with two attached hydrogens (primary N) is 1. The van der Waals surface area contributed by atoms with E-state index >= 15 is 0 Å². The van der Waals surface area contributed by atoms with Gasteiger partial charge in [-0.3, -0.25) is 4.79 Å². The Morgan fingerprint density at radius 1 is 1.73 bits per heavy atom. The van der Waals surface area contributed by atoms with Crippen LogP contribution < -0.4 is 5.73 Å². The van der Waals surface area contributed by atoms with Crippen LogP contribution in [0, 0.1) is 0 Å². The molecule has 0 bridgehead atoms. The summed E-state index contributed by atoms with van der Waals surface area (Å²) in [6.07, 6.45) is 0. The van der Waals surface area contributed by atoms with E-state index in [2.05, 4.69) is 12.6 Å². The lowest BCUT2D eigenvalue weighted by Crippen LogP contribution is -2.32. The van der Waals surface area contributed by atoms with Gasteiger partial charge in [0.2, 0.25) is 0 Å². The molecule has 66 valence electrons. The Kier molecular flexibility index (Phi) is 5.81. The second-order valence-electron chi connectivity index (χ2n) is 2.43. The topological polar surface area (TPSA) is 46.3 Å². The first-order chi connectivity index (χ1) is 5.07. The Bertz CT molecular complexity index is 130. The van der Waals surface area contributed by atoms with Crippen LogP contribution in [0.25, 0.3) is 0 Å². The van der Waals surface area contributed by atoms with Gasteiger partial charge in [0.15, 0.2) is 0 Å². The number of thioether (sulfide) groups is 1. The molecule has 0 rings (SSSR count). The quantitative estimate of drug-likeness (QED) is 0.646. The minimum absolute atomic E-state index is 0.316. The van der Waals surface area contributed by atoms with Crippen molar-refractivity contribution >= 4 is 29.6 Å². The van der Waals surface area contributed by atoms with Crippen molar-refractivity contribution in [3.05, 3.63) is 0 Å². The summed E-state index contributed by atoms with van der Waals surface area (Å²) in [5, 5.41) is -0.321. The molecule has 0 aliphatic carbocycles. The summed E-state index contributed by atoms with van der Waals surface area (Å²) in [4.78, 5) is 12.4. The molecule has 0 aliphatic heterocycles. The van der Waals surface area contributed by atoms with Crippen LogP contribution in [0.3, 0.4) is 0 Å². The highest BCUT2D eigenvalue weighted by atomic mass is 32.2. The third-order valence-electron chi connectivity index (χ3n) is 1.36. The van der Waals surface area contributed by atoms with Crippen molar-refractivity contribution in [3.8, 4) is 0 Å². The molecule has 0 fully saturated rings. The van der Waals surface area contributed by atoms with E-state index in [1.54, 1.807) is 0 Å². The second kappa shape index (κ2) is 5.74. The lowest BCUT2D eigenvalue weighted by Gasteiger charge is -2.20. The van der Waals surface area contributed by atoms with Gasteiger partial charge in [-0.25, -0.2) is 0 Å². The van der Waals surface area contributed by atoms with Gasteiger partial charge in [0.1, 0.15) is 0 Å². The Morgan fingerprint density at radius 2 is 2.27 bits per heavy atom. The second-order valence-corrected chi connectivity index (χ2v) is 3.82. The molecule has 11 heavy (non-hydrogen) atoms. The Hall–Kier alpha value is 0.130. The minimum Gasteiger partial charge on any atom is -0.361 e. The van der Waals surface area contributed by atoms with Crippen molar-refractivity contribution in [1.29, 1.82) is 0 Å². The third-order valence-corrected chi connectivity index (χ3v) is 2.62. The van der Waals surface area contributed by atoms with E-state index in [0.29, 0.717) is 11.8 Å². The fraction of sp³-hybridized carbons (Fsp3) is 0.833. The van der Waals surface area contributed by atoms with Gasteiger partial charge in [0.05, 0.1) is 0 Å². The lowest BCUT2D eigenvalue weighted by atomic mass is 10.4. The average Bonchev–Trinajstić information content (AvgIpc) is 1.87. The first-order valence-corrected chi connectivity index (χ1v) is 4.89. The van der Waals surface area contributed by atoms with E-state index in [1.165, 1.54) is 0 Å². The van der Waals surface area contributed by atoms with Gasteiger partial charge in [-0.2, -0.15) is 12.6 Å². The van der Waals surface area contributed by atoms with E-state index in [4.69, 9.17) is 5.73 Å². The summed E-state index contributed by atoms with van der Waals surface area (Å²) >= 11 is 5.29. The molecule has 5 heteroatoms. The molecule has 0 aromatic carbocycles. The number of carbonyl (C=O) groups excluding carboxylic acids is 1. The SMILES string of the molecule is CN(C)C(CS)CSC(N)=O. The fourth-order valence-electron chi connectivity index (χ4n) is 0.543. The molecule has 1 atom stereocenters. The number of carbonyl (C=O) groups is 1. The molecule has 0 heterocycles. The molecule has 1 unspecified atom stereocenters. The van der Waals surface area contributed by atoms with Gasteiger partial charge in [0, 0.05) is 17.5 Å². The summed E-state index contributed by atoms with van der Waals surface area (Å²) in [7, 11) is 3.92. The predicted molar refractivity (Wildman–Crippen MR) is 53.4 cm³/mol. The van der Waals surface area contributed by atoms with Crippen molar-refractivity contribution < 1.29 is 4.79 Å². The normalized spacial score (nSPS) is 13.5. The zero-order valence-corrected chi connectivity index (χ0v) is 8.49. The number of hydrogen-bond acceptors (Lipinski definition) is 4. The maximum atomic E-state index is 10.4. The maximum Gasteiger partial charge on any atom is 0.276 e. The van der Waals surface area contributed by atoms with Crippen LogP contribution in [0.4, 0.5) is 4.79 Å². The smallest absolute Gasteiger partial charge is 0.276 e. The van der Waals surface area contributed by atoms with Gasteiger partial charge < -0.3 is 10.6 Å². The van der Waals surface area contributed by atoms with Crippen molar-refractivity contribution in [2.24, 2.45) is 5.73 Å². The van der Waals surface area contributed by atoms with Crippen molar-refractivity contribution in [2.45, 2.75) is 6.04 Å². The zero-order valence-electron chi connectivity index (χ0n) is 6.78. The monoisotopic (exact) mass is 194 g/mol. The number of primary amides is 1. The van der Waals surface area contributed by atoms with Crippen molar-refractivity contribution in [3.63, 3.8) is 0 Å². The van der Waals surface area contributed by atoms with Gasteiger partial charge in [-0.15, -0.1) is 0 Å². The standard InChI is InChI=1S/C6H14N2OS2/c1-8(2)5(3-10)4-11-6(7)9/h5,10H,3-4H2,1-2H3,(H2,7,9). The molecule has 0 saturated carbocycles. The Balaban J connectivity index is 3.61. The molecule has 0 spiro atoms. The Morgan fingerprint density at radius 3 is 2.55 bits per heavy atom. The van der Waals surface area contributed by atoms with Gasteiger partial charge in [-0.1, -0.05) is 11.8 Å². The van der Waals surface area contributed by atoms with Gasteiger partial charge in [0.25, 0.3) is 5.24 Å². The predicted octanol–water partition coefficient (Wildman–Crippen LogP) is 0.658. The molecular formula is C6H14N2OS2. The highest BCUT2D eigenvalue weighted by Gasteiger charge is 2.10.